The number of ketones is 1. The minimum Gasteiger partial charge on any atom is -0.300 e. The Kier molecular flexibility index (Phi) is 5.55. The third kappa shape index (κ3) is 5.12. The Morgan fingerprint density at radius 2 is 1.62 bits per heavy atom. The lowest BCUT2D eigenvalue weighted by Gasteiger charge is -2.00. The van der Waals surface area contributed by atoms with Gasteiger partial charge in [0.1, 0.15) is 5.78 Å². The molecule has 2 rings (SSSR count). The van der Waals surface area contributed by atoms with Gasteiger partial charge in [-0.2, -0.15) is 0 Å². The van der Waals surface area contributed by atoms with E-state index in [1.807, 2.05) is 66.7 Å². The van der Waals surface area contributed by atoms with Crippen molar-refractivity contribution in [3.8, 4) is 11.8 Å². The Hall–Kier alpha value is -2.59. The van der Waals surface area contributed by atoms with Crippen molar-refractivity contribution < 1.29 is 4.79 Å². The Morgan fingerprint density at radius 1 is 1.00 bits per heavy atom. The molecule has 21 heavy (non-hydrogen) atoms. The van der Waals surface area contributed by atoms with Crippen molar-refractivity contribution in [1.82, 2.24) is 0 Å². The summed E-state index contributed by atoms with van der Waals surface area (Å²) in [7, 11) is 0. The first kappa shape index (κ1) is 14.8. The minimum atomic E-state index is 0.203. The average Bonchev–Trinajstić information content (AvgIpc) is 2.52. The molecule has 1 nitrogen and oxygen atoms in total. The van der Waals surface area contributed by atoms with Crippen molar-refractivity contribution in [3.63, 3.8) is 0 Å². The summed E-state index contributed by atoms with van der Waals surface area (Å²) >= 11 is 0. The van der Waals surface area contributed by atoms with E-state index >= 15 is 0 Å². The Bertz CT molecular complexity index is 670. The number of carbonyl (C=O) groups is 1. The highest BCUT2D eigenvalue weighted by Gasteiger charge is 1.98. The summed E-state index contributed by atoms with van der Waals surface area (Å²) in [5.74, 6) is 6.61. The van der Waals surface area contributed by atoms with E-state index < -0.39 is 0 Å². The van der Waals surface area contributed by atoms with Crippen LogP contribution in [0.2, 0.25) is 0 Å². The van der Waals surface area contributed by atoms with Gasteiger partial charge in [-0.1, -0.05) is 66.4 Å². The second-order valence-corrected chi connectivity index (χ2v) is 4.84. The molecule has 2 aromatic carbocycles. The Morgan fingerprint density at radius 3 is 2.24 bits per heavy atom. The van der Waals surface area contributed by atoms with Gasteiger partial charge < -0.3 is 4.79 Å². The highest BCUT2D eigenvalue weighted by atomic mass is 16.1. The molecule has 1 heteroatoms. The van der Waals surface area contributed by atoms with Gasteiger partial charge in [0.05, 0.1) is 0 Å². The van der Waals surface area contributed by atoms with Gasteiger partial charge in [0.2, 0.25) is 0 Å². The van der Waals surface area contributed by atoms with E-state index in [0.717, 1.165) is 23.1 Å². The highest BCUT2D eigenvalue weighted by molar-refractivity contribution is 5.80. The summed E-state index contributed by atoms with van der Waals surface area (Å²) in [6, 6.07) is 20.0. The van der Waals surface area contributed by atoms with Gasteiger partial charge in [-0.15, -0.1) is 0 Å². The zero-order valence-electron chi connectivity index (χ0n) is 12.2. The molecular formula is C20H18O. The van der Waals surface area contributed by atoms with Gasteiger partial charge in [0.15, 0.2) is 0 Å². The molecule has 0 radical (unpaired) electrons. The topological polar surface area (TPSA) is 17.1 Å². The largest absolute Gasteiger partial charge is 0.300 e. The van der Waals surface area contributed by atoms with E-state index in [-0.39, 0.29) is 5.78 Å². The second kappa shape index (κ2) is 7.87. The lowest BCUT2D eigenvalue weighted by molar-refractivity contribution is -0.116. The van der Waals surface area contributed by atoms with E-state index in [9.17, 15) is 4.79 Å². The number of Topliss-reactive ketones (excluding diaryl/α,β-unsaturated/α-hetero) is 1. The first-order valence-electron chi connectivity index (χ1n) is 7.08. The van der Waals surface area contributed by atoms with Crippen LogP contribution in [-0.4, -0.2) is 5.78 Å². The third-order valence-electron chi connectivity index (χ3n) is 3.04. The first-order chi connectivity index (χ1) is 10.3. The van der Waals surface area contributed by atoms with Crippen molar-refractivity contribution in [2.24, 2.45) is 0 Å². The van der Waals surface area contributed by atoms with E-state index in [1.54, 1.807) is 6.92 Å². The first-order valence-corrected chi connectivity index (χ1v) is 7.08. The van der Waals surface area contributed by atoms with Crippen LogP contribution in [0.15, 0.2) is 66.7 Å². The van der Waals surface area contributed by atoms with Crippen LogP contribution in [0.3, 0.4) is 0 Å². The van der Waals surface area contributed by atoms with Crippen molar-refractivity contribution in [1.29, 1.82) is 0 Å². The summed E-state index contributed by atoms with van der Waals surface area (Å²) in [5, 5.41) is 0. The van der Waals surface area contributed by atoms with Crippen LogP contribution >= 0.6 is 0 Å². The fourth-order valence-corrected chi connectivity index (χ4v) is 1.94. The quantitative estimate of drug-likeness (QED) is 0.751. The fourth-order valence-electron chi connectivity index (χ4n) is 1.94. The molecule has 0 spiro atoms. The van der Waals surface area contributed by atoms with Gasteiger partial charge in [-0.25, -0.2) is 0 Å². The molecule has 0 atom stereocenters. The standard InChI is InChI=1S/C20H18O/c1-17(21)9-8-14-20(19-12-6-3-7-13-19)16-15-18-10-4-2-5-11-18/h2-7,10-14H,8-9H2,1H3/b20-14+. The molecule has 0 fully saturated rings. The molecule has 0 unspecified atom stereocenters. The predicted octanol–water partition coefficient (Wildman–Crippen LogP) is 4.49. The summed E-state index contributed by atoms with van der Waals surface area (Å²) in [6.07, 6.45) is 3.33. The van der Waals surface area contributed by atoms with Crippen LogP contribution in [0.5, 0.6) is 0 Å². The lowest BCUT2D eigenvalue weighted by Crippen LogP contribution is -1.88. The fraction of sp³-hybridized carbons (Fsp3) is 0.150. The number of benzene rings is 2. The van der Waals surface area contributed by atoms with Crippen LogP contribution in [0.1, 0.15) is 30.9 Å². The number of rotatable bonds is 4. The summed E-state index contributed by atoms with van der Waals surface area (Å²) in [5.41, 5.74) is 3.05. The molecule has 0 saturated heterocycles. The van der Waals surface area contributed by atoms with Crippen LogP contribution < -0.4 is 0 Å². The predicted molar refractivity (Wildman–Crippen MR) is 87.7 cm³/mol. The van der Waals surface area contributed by atoms with Crippen molar-refractivity contribution in [3.05, 3.63) is 77.9 Å². The van der Waals surface area contributed by atoms with Gasteiger partial charge in [0, 0.05) is 17.6 Å². The van der Waals surface area contributed by atoms with Gasteiger partial charge in [-0.3, -0.25) is 0 Å². The van der Waals surface area contributed by atoms with Gasteiger partial charge >= 0.3 is 0 Å². The molecule has 2 aromatic rings. The van der Waals surface area contributed by atoms with Crippen molar-refractivity contribution >= 4 is 11.4 Å². The summed E-state index contributed by atoms with van der Waals surface area (Å²) in [4.78, 5) is 11.1. The van der Waals surface area contributed by atoms with E-state index in [0.29, 0.717) is 6.42 Å². The SMILES string of the molecule is CC(=O)CC/C=C(\C#Cc1ccccc1)c1ccccc1. The van der Waals surface area contributed by atoms with Crippen LogP contribution in [0.25, 0.3) is 5.57 Å². The molecule has 0 amide bonds. The minimum absolute atomic E-state index is 0.203. The molecule has 0 aliphatic rings. The van der Waals surface area contributed by atoms with Gasteiger partial charge in [-0.05, 0) is 31.0 Å². The molecule has 0 aromatic heterocycles. The molecule has 0 heterocycles. The van der Waals surface area contributed by atoms with Crippen LogP contribution in [-0.2, 0) is 4.79 Å². The smallest absolute Gasteiger partial charge is 0.130 e. The van der Waals surface area contributed by atoms with Crippen molar-refractivity contribution in [2.45, 2.75) is 19.8 Å². The van der Waals surface area contributed by atoms with E-state index in [4.69, 9.17) is 0 Å². The lowest BCUT2D eigenvalue weighted by atomic mass is 10.0. The van der Waals surface area contributed by atoms with E-state index in [2.05, 4.69) is 11.8 Å². The monoisotopic (exact) mass is 274 g/mol. The molecule has 0 saturated carbocycles. The maximum absolute atomic E-state index is 11.1. The summed E-state index contributed by atoms with van der Waals surface area (Å²) in [6.45, 7) is 1.62. The maximum atomic E-state index is 11.1. The number of hydrogen-bond acceptors (Lipinski definition) is 1. The maximum Gasteiger partial charge on any atom is 0.130 e. The average molecular weight is 274 g/mol. The molecule has 0 N–H and O–H groups in total. The molecule has 0 bridgehead atoms. The normalized spacial score (nSPS) is 10.6. The molecule has 0 aliphatic carbocycles. The number of allylic oxidation sites excluding steroid dienone is 2. The molecular weight excluding hydrogens is 256 g/mol. The van der Waals surface area contributed by atoms with Crippen LogP contribution in [0, 0.1) is 11.8 Å². The van der Waals surface area contributed by atoms with Crippen LogP contribution in [0.4, 0.5) is 0 Å². The second-order valence-electron chi connectivity index (χ2n) is 4.84. The zero-order valence-corrected chi connectivity index (χ0v) is 12.2. The summed E-state index contributed by atoms with van der Waals surface area (Å²) < 4.78 is 0. The Labute approximate surface area is 126 Å². The Balaban J connectivity index is 2.25. The van der Waals surface area contributed by atoms with Gasteiger partial charge in [0.25, 0.3) is 0 Å². The number of carbonyl (C=O) groups excluding carboxylic acids is 1. The number of hydrogen-bond donors (Lipinski definition) is 0. The highest BCUT2D eigenvalue weighted by Crippen LogP contribution is 2.15. The van der Waals surface area contributed by atoms with E-state index in [1.165, 1.54) is 0 Å². The van der Waals surface area contributed by atoms with Crippen molar-refractivity contribution in [2.75, 3.05) is 0 Å². The third-order valence-corrected chi connectivity index (χ3v) is 3.04. The molecule has 104 valence electrons. The molecule has 0 aliphatic heterocycles. The zero-order chi connectivity index (χ0) is 14.9.